The van der Waals surface area contributed by atoms with E-state index < -0.39 is 0 Å². The normalized spacial score (nSPS) is 11.1. The number of carbonyl (C=O) groups is 1. The summed E-state index contributed by atoms with van der Waals surface area (Å²) in [6.07, 6.45) is 7.26. The van der Waals surface area contributed by atoms with Crippen molar-refractivity contribution >= 4 is 18.1 Å². The van der Waals surface area contributed by atoms with Crippen molar-refractivity contribution < 1.29 is 9.53 Å². The maximum atomic E-state index is 11.3. The molecule has 0 radical (unpaired) electrons. The Labute approximate surface area is 160 Å². The number of hydrogen-bond donors (Lipinski definition) is 0. The van der Waals surface area contributed by atoms with Gasteiger partial charge in [0.15, 0.2) is 0 Å². The van der Waals surface area contributed by atoms with Crippen LogP contribution in [0.25, 0.3) is 23.3 Å². The predicted octanol–water partition coefficient (Wildman–Crippen LogP) is 6.14. The molecule has 0 amide bonds. The molecule has 0 aliphatic rings. The molecule has 134 valence electrons. The Hall–Kier alpha value is -3.39. The van der Waals surface area contributed by atoms with Crippen molar-refractivity contribution in [1.29, 1.82) is 0 Å². The van der Waals surface area contributed by atoms with Gasteiger partial charge in [0.2, 0.25) is 0 Å². The monoisotopic (exact) mass is 354 g/mol. The van der Waals surface area contributed by atoms with Crippen molar-refractivity contribution in [3.8, 4) is 11.1 Å². The summed E-state index contributed by atoms with van der Waals surface area (Å²) in [6.45, 7) is 2.08. The van der Waals surface area contributed by atoms with E-state index in [1.807, 2.05) is 42.5 Å². The molecule has 0 spiro atoms. The molecule has 0 aliphatic heterocycles. The second-order valence-electron chi connectivity index (χ2n) is 6.17. The third-order valence-corrected chi connectivity index (χ3v) is 4.15. The summed E-state index contributed by atoms with van der Waals surface area (Å²) in [5.41, 5.74) is 5.66. The van der Waals surface area contributed by atoms with Gasteiger partial charge in [0, 0.05) is 6.08 Å². The highest BCUT2D eigenvalue weighted by Crippen LogP contribution is 2.20. The summed E-state index contributed by atoms with van der Waals surface area (Å²) in [4.78, 5) is 11.3. The van der Waals surface area contributed by atoms with E-state index in [0.717, 1.165) is 16.7 Å². The smallest absolute Gasteiger partial charge is 0.330 e. The highest BCUT2D eigenvalue weighted by atomic mass is 16.5. The molecule has 0 bridgehead atoms. The van der Waals surface area contributed by atoms with Gasteiger partial charge in [0.25, 0.3) is 0 Å². The number of allylic oxidation sites excluding steroid dienone is 1. The minimum atomic E-state index is -0.319. The van der Waals surface area contributed by atoms with Crippen LogP contribution >= 0.6 is 0 Å². The molecular weight excluding hydrogens is 332 g/mol. The minimum Gasteiger partial charge on any atom is -0.458 e. The molecule has 0 heterocycles. The fraction of sp³-hybridized carbons (Fsp3) is 0.0800. The van der Waals surface area contributed by atoms with E-state index in [1.165, 1.54) is 17.2 Å². The lowest BCUT2D eigenvalue weighted by Crippen LogP contribution is -2.00. The average molecular weight is 354 g/mol. The molecule has 0 atom stereocenters. The summed E-state index contributed by atoms with van der Waals surface area (Å²) in [5.74, 6) is -0.319. The van der Waals surface area contributed by atoms with Gasteiger partial charge in [-0.25, -0.2) is 4.79 Å². The summed E-state index contributed by atoms with van der Waals surface area (Å²) in [7, 11) is 0. The number of benzene rings is 3. The SMILES string of the molecule is C/C=C/C(=O)OCc1ccc(/C=C\c2ccc(-c3ccccc3)cc2)cc1. The fourth-order valence-corrected chi connectivity index (χ4v) is 2.67. The van der Waals surface area contributed by atoms with Crippen LogP contribution in [0.1, 0.15) is 23.6 Å². The average Bonchev–Trinajstić information content (AvgIpc) is 2.73. The lowest BCUT2D eigenvalue weighted by atomic mass is 10.0. The molecular formula is C25H22O2. The first kappa shape index (κ1) is 18.4. The standard InChI is InChI=1S/C25H22O2/c1-2-6-25(26)27-19-22-13-11-20(12-14-22)9-10-21-15-17-24(18-16-21)23-7-4-3-5-8-23/h2-18H,19H2,1H3/b6-2+,10-9-. The van der Waals surface area contributed by atoms with E-state index in [-0.39, 0.29) is 12.6 Å². The number of carbonyl (C=O) groups excluding carboxylic acids is 1. The second-order valence-corrected chi connectivity index (χ2v) is 6.17. The van der Waals surface area contributed by atoms with Crippen LogP contribution in [-0.4, -0.2) is 5.97 Å². The van der Waals surface area contributed by atoms with Crippen LogP contribution in [0.3, 0.4) is 0 Å². The summed E-state index contributed by atoms with van der Waals surface area (Å²) in [5, 5.41) is 0. The lowest BCUT2D eigenvalue weighted by Gasteiger charge is -2.03. The molecule has 0 aliphatic carbocycles. The van der Waals surface area contributed by atoms with Gasteiger partial charge >= 0.3 is 5.97 Å². The number of ether oxygens (including phenoxy) is 1. The molecule has 0 aromatic heterocycles. The fourth-order valence-electron chi connectivity index (χ4n) is 2.67. The first-order valence-electron chi connectivity index (χ1n) is 8.96. The largest absolute Gasteiger partial charge is 0.458 e. The number of rotatable bonds is 6. The Morgan fingerprint density at radius 2 is 1.33 bits per heavy atom. The molecule has 3 aromatic rings. The van der Waals surface area contributed by atoms with Gasteiger partial charge in [0.1, 0.15) is 6.61 Å². The number of hydrogen-bond acceptors (Lipinski definition) is 2. The van der Waals surface area contributed by atoms with E-state index >= 15 is 0 Å². The van der Waals surface area contributed by atoms with E-state index in [0.29, 0.717) is 0 Å². The van der Waals surface area contributed by atoms with Gasteiger partial charge in [-0.3, -0.25) is 0 Å². The lowest BCUT2D eigenvalue weighted by molar-refractivity contribution is -0.139. The Kier molecular flexibility index (Phi) is 6.37. The molecule has 2 nitrogen and oxygen atoms in total. The Morgan fingerprint density at radius 1 is 0.778 bits per heavy atom. The molecule has 2 heteroatoms. The van der Waals surface area contributed by atoms with Gasteiger partial charge in [0.05, 0.1) is 0 Å². The van der Waals surface area contributed by atoms with Gasteiger partial charge in [-0.05, 0) is 34.7 Å². The zero-order chi connectivity index (χ0) is 18.9. The van der Waals surface area contributed by atoms with Crippen molar-refractivity contribution in [3.63, 3.8) is 0 Å². The molecule has 3 aromatic carbocycles. The van der Waals surface area contributed by atoms with Crippen molar-refractivity contribution in [2.45, 2.75) is 13.5 Å². The maximum absolute atomic E-state index is 11.3. The zero-order valence-corrected chi connectivity index (χ0v) is 15.3. The molecule has 3 rings (SSSR count). The highest BCUT2D eigenvalue weighted by molar-refractivity contribution is 5.81. The summed E-state index contributed by atoms with van der Waals surface area (Å²) in [6, 6.07) is 26.9. The zero-order valence-electron chi connectivity index (χ0n) is 15.3. The van der Waals surface area contributed by atoms with Crippen molar-refractivity contribution in [3.05, 3.63) is 108 Å². The minimum absolute atomic E-state index is 0.286. The first-order chi connectivity index (χ1) is 13.2. The van der Waals surface area contributed by atoms with Crippen molar-refractivity contribution in [2.75, 3.05) is 0 Å². The Balaban J connectivity index is 1.60. The van der Waals surface area contributed by atoms with Crippen LogP contribution in [0.2, 0.25) is 0 Å². The van der Waals surface area contributed by atoms with Gasteiger partial charge in [-0.15, -0.1) is 0 Å². The van der Waals surface area contributed by atoms with E-state index in [1.54, 1.807) is 13.0 Å². The van der Waals surface area contributed by atoms with Crippen LogP contribution in [0.15, 0.2) is 91.0 Å². The second kappa shape index (κ2) is 9.35. The highest BCUT2D eigenvalue weighted by Gasteiger charge is 1.99. The Bertz CT molecular complexity index is 918. The van der Waals surface area contributed by atoms with Crippen LogP contribution in [0.5, 0.6) is 0 Å². The van der Waals surface area contributed by atoms with Crippen LogP contribution in [-0.2, 0) is 16.1 Å². The molecule has 0 saturated heterocycles. The molecule has 0 N–H and O–H groups in total. The van der Waals surface area contributed by atoms with E-state index in [4.69, 9.17) is 4.74 Å². The maximum Gasteiger partial charge on any atom is 0.330 e. The van der Waals surface area contributed by atoms with Crippen LogP contribution in [0, 0.1) is 0 Å². The third-order valence-electron chi connectivity index (χ3n) is 4.15. The first-order valence-corrected chi connectivity index (χ1v) is 8.96. The van der Waals surface area contributed by atoms with Crippen LogP contribution in [0.4, 0.5) is 0 Å². The van der Waals surface area contributed by atoms with Gasteiger partial charge in [-0.1, -0.05) is 97.1 Å². The summed E-state index contributed by atoms with van der Waals surface area (Å²) < 4.78 is 5.14. The molecule has 27 heavy (non-hydrogen) atoms. The summed E-state index contributed by atoms with van der Waals surface area (Å²) >= 11 is 0. The predicted molar refractivity (Wildman–Crippen MR) is 112 cm³/mol. The van der Waals surface area contributed by atoms with E-state index in [2.05, 4.69) is 48.6 Å². The topological polar surface area (TPSA) is 26.3 Å². The van der Waals surface area contributed by atoms with Gasteiger partial charge < -0.3 is 4.74 Å². The van der Waals surface area contributed by atoms with E-state index in [9.17, 15) is 4.79 Å². The molecule has 0 saturated carbocycles. The van der Waals surface area contributed by atoms with Crippen molar-refractivity contribution in [1.82, 2.24) is 0 Å². The van der Waals surface area contributed by atoms with Crippen molar-refractivity contribution in [2.24, 2.45) is 0 Å². The molecule has 0 fully saturated rings. The van der Waals surface area contributed by atoms with Gasteiger partial charge in [-0.2, -0.15) is 0 Å². The quantitative estimate of drug-likeness (QED) is 0.302. The van der Waals surface area contributed by atoms with Crippen LogP contribution < -0.4 is 0 Å². The Morgan fingerprint density at radius 3 is 1.93 bits per heavy atom. The molecule has 0 unspecified atom stereocenters. The number of esters is 1. The third kappa shape index (κ3) is 5.55.